The number of carbonyl (C=O) groups is 3. The van der Waals surface area contributed by atoms with Gasteiger partial charge in [-0.1, -0.05) is 50.2 Å². The van der Waals surface area contributed by atoms with Gasteiger partial charge in [0.05, 0.1) is 18.3 Å². The van der Waals surface area contributed by atoms with Crippen molar-refractivity contribution in [3.63, 3.8) is 0 Å². The number of ether oxygens (including phenoxy) is 1. The molecule has 0 saturated carbocycles. The van der Waals surface area contributed by atoms with Gasteiger partial charge >= 0.3 is 5.97 Å². The van der Waals surface area contributed by atoms with Gasteiger partial charge in [-0.3, -0.25) is 14.9 Å². The highest BCUT2D eigenvalue weighted by atomic mass is 16.5. The fourth-order valence-corrected chi connectivity index (χ4v) is 2.96. The van der Waals surface area contributed by atoms with Crippen LogP contribution in [-0.4, -0.2) is 39.2 Å². The molecule has 154 valence electrons. The highest BCUT2D eigenvalue weighted by Gasteiger charge is 2.23. The molecule has 2 aromatic heterocycles. The highest BCUT2D eigenvalue weighted by molar-refractivity contribution is 5.98. The lowest BCUT2D eigenvalue weighted by atomic mass is 10.1. The zero-order valence-electron chi connectivity index (χ0n) is 16.7. The third-order valence-corrected chi connectivity index (χ3v) is 4.26. The number of nitrogens with one attached hydrogen (secondary N) is 1. The van der Waals surface area contributed by atoms with Gasteiger partial charge in [0, 0.05) is 6.20 Å². The van der Waals surface area contributed by atoms with Gasteiger partial charge < -0.3 is 4.74 Å². The Kier molecular flexibility index (Phi) is 6.69. The van der Waals surface area contributed by atoms with Crippen LogP contribution >= 0.6 is 0 Å². The number of esters is 1. The first-order valence-electron chi connectivity index (χ1n) is 9.48. The largest absolute Gasteiger partial charge is 0.452 e. The van der Waals surface area contributed by atoms with Crippen LogP contribution in [0.3, 0.4) is 0 Å². The molecule has 0 saturated heterocycles. The maximum Gasteiger partial charge on any atom is 0.342 e. The van der Waals surface area contributed by atoms with Gasteiger partial charge in [0.25, 0.3) is 5.91 Å². The predicted octanol–water partition coefficient (Wildman–Crippen LogP) is 2.43. The summed E-state index contributed by atoms with van der Waals surface area (Å²) in [7, 11) is 0. The molecule has 0 aliphatic rings. The van der Waals surface area contributed by atoms with Crippen molar-refractivity contribution in [3.8, 4) is 5.82 Å². The van der Waals surface area contributed by atoms with Gasteiger partial charge in [-0.05, 0) is 23.6 Å². The minimum atomic E-state index is -0.688. The summed E-state index contributed by atoms with van der Waals surface area (Å²) < 4.78 is 6.68. The lowest BCUT2D eigenvalue weighted by Crippen LogP contribution is -2.35. The fourth-order valence-electron chi connectivity index (χ4n) is 2.96. The number of nitrogens with zero attached hydrogens (tertiary/aromatic N) is 3. The molecule has 0 fully saturated rings. The van der Waals surface area contributed by atoms with Crippen LogP contribution in [0.15, 0.2) is 60.9 Å². The first-order valence-corrected chi connectivity index (χ1v) is 9.48. The third-order valence-electron chi connectivity index (χ3n) is 4.26. The average molecular weight is 406 g/mol. The number of carbonyl (C=O) groups excluding carboxylic acids is 3. The topological polar surface area (TPSA) is 103 Å². The van der Waals surface area contributed by atoms with E-state index >= 15 is 0 Å². The second-order valence-corrected chi connectivity index (χ2v) is 6.91. The standard InChI is InChI=1S/C22H22N4O4/c1-15(2)21-17(13-24-26(21)18-10-6-7-11-23-18)22(29)30-14-20(28)25-19(27)12-16-8-4-3-5-9-16/h3-11,13,15H,12,14H2,1-2H3,(H,25,27,28). The van der Waals surface area contributed by atoms with Crippen molar-refractivity contribution in [2.24, 2.45) is 0 Å². The number of pyridine rings is 1. The molecule has 2 amide bonds. The number of hydrogen-bond acceptors (Lipinski definition) is 6. The molecule has 0 atom stereocenters. The average Bonchev–Trinajstić information content (AvgIpc) is 3.19. The van der Waals surface area contributed by atoms with E-state index in [-0.39, 0.29) is 17.9 Å². The van der Waals surface area contributed by atoms with E-state index in [0.717, 1.165) is 5.56 Å². The van der Waals surface area contributed by atoms with Crippen LogP contribution in [-0.2, 0) is 20.7 Å². The molecular weight excluding hydrogens is 384 g/mol. The fraction of sp³-hybridized carbons (Fsp3) is 0.227. The van der Waals surface area contributed by atoms with E-state index in [9.17, 15) is 14.4 Å². The van der Waals surface area contributed by atoms with Crippen molar-refractivity contribution in [2.45, 2.75) is 26.2 Å². The van der Waals surface area contributed by atoms with E-state index in [1.165, 1.54) is 6.20 Å². The Bertz CT molecular complexity index is 1030. The second kappa shape index (κ2) is 9.60. The molecule has 0 bridgehead atoms. The maximum atomic E-state index is 12.5. The number of rotatable bonds is 7. The van der Waals surface area contributed by atoms with Crippen LogP contribution in [0.25, 0.3) is 5.82 Å². The SMILES string of the molecule is CC(C)c1c(C(=O)OCC(=O)NC(=O)Cc2ccccc2)cnn1-c1ccccn1. The summed E-state index contributed by atoms with van der Waals surface area (Å²) >= 11 is 0. The molecule has 8 nitrogen and oxygen atoms in total. The third kappa shape index (κ3) is 5.16. The molecular formula is C22H22N4O4. The van der Waals surface area contributed by atoms with Crippen molar-refractivity contribution in [3.05, 3.63) is 77.7 Å². The van der Waals surface area contributed by atoms with Gasteiger partial charge in [0.15, 0.2) is 12.4 Å². The Hall–Kier alpha value is -3.81. The Morgan fingerprint density at radius 3 is 2.43 bits per heavy atom. The predicted molar refractivity (Wildman–Crippen MR) is 109 cm³/mol. The van der Waals surface area contributed by atoms with Gasteiger partial charge in [-0.15, -0.1) is 0 Å². The van der Waals surface area contributed by atoms with Crippen LogP contribution in [0, 0.1) is 0 Å². The van der Waals surface area contributed by atoms with Gasteiger partial charge in [-0.25, -0.2) is 14.5 Å². The van der Waals surface area contributed by atoms with Crippen molar-refractivity contribution >= 4 is 17.8 Å². The van der Waals surface area contributed by atoms with Gasteiger partial charge in [0.2, 0.25) is 5.91 Å². The van der Waals surface area contributed by atoms with Crippen LogP contribution in [0.2, 0.25) is 0 Å². The molecule has 0 aliphatic carbocycles. The Balaban J connectivity index is 1.61. The summed E-state index contributed by atoms with van der Waals surface area (Å²) in [6, 6.07) is 14.4. The molecule has 0 aliphatic heterocycles. The molecule has 8 heteroatoms. The number of benzene rings is 1. The molecule has 1 aromatic carbocycles. The van der Waals surface area contributed by atoms with E-state index in [1.54, 1.807) is 35.1 Å². The van der Waals surface area contributed by atoms with E-state index in [0.29, 0.717) is 11.5 Å². The lowest BCUT2D eigenvalue weighted by Gasteiger charge is -2.12. The molecule has 3 aromatic rings. The van der Waals surface area contributed by atoms with E-state index in [1.807, 2.05) is 38.1 Å². The number of amides is 2. The zero-order chi connectivity index (χ0) is 21.5. The number of hydrogen-bond donors (Lipinski definition) is 1. The van der Waals surface area contributed by atoms with E-state index in [4.69, 9.17) is 4.74 Å². The summed E-state index contributed by atoms with van der Waals surface area (Å²) in [4.78, 5) is 40.7. The molecule has 2 heterocycles. The van der Waals surface area contributed by atoms with Crippen molar-refractivity contribution in [2.75, 3.05) is 6.61 Å². The Morgan fingerprint density at radius 1 is 1.03 bits per heavy atom. The second-order valence-electron chi connectivity index (χ2n) is 6.91. The lowest BCUT2D eigenvalue weighted by molar-refractivity contribution is -0.132. The summed E-state index contributed by atoms with van der Waals surface area (Å²) in [6.45, 7) is 3.27. The molecule has 30 heavy (non-hydrogen) atoms. The van der Waals surface area contributed by atoms with Crippen molar-refractivity contribution in [1.29, 1.82) is 0 Å². The number of imide groups is 1. The monoisotopic (exact) mass is 406 g/mol. The van der Waals surface area contributed by atoms with Crippen molar-refractivity contribution < 1.29 is 19.1 Å². The van der Waals surface area contributed by atoms with E-state index in [2.05, 4.69) is 15.4 Å². The smallest absolute Gasteiger partial charge is 0.342 e. The molecule has 1 N–H and O–H groups in total. The minimum Gasteiger partial charge on any atom is -0.452 e. The van der Waals surface area contributed by atoms with Crippen LogP contribution in [0.5, 0.6) is 0 Å². The normalized spacial score (nSPS) is 10.6. The first-order chi connectivity index (χ1) is 14.5. The maximum absolute atomic E-state index is 12.5. The summed E-state index contributed by atoms with van der Waals surface area (Å²) in [6.07, 6.45) is 3.09. The van der Waals surface area contributed by atoms with Crippen LogP contribution < -0.4 is 5.32 Å². The van der Waals surface area contributed by atoms with E-state index < -0.39 is 24.4 Å². The van der Waals surface area contributed by atoms with Crippen LogP contribution in [0.1, 0.15) is 41.4 Å². The zero-order valence-corrected chi connectivity index (χ0v) is 16.7. The van der Waals surface area contributed by atoms with Crippen LogP contribution in [0.4, 0.5) is 0 Å². The molecule has 3 rings (SSSR count). The van der Waals surface area contributed by atoms with Gasteiger partial charge in [-0.2, -0.15) is 5.10 Å². The molecule has 0 unspecified atom stereocenters. The summed E-state index contributed by atoms with van der Waals surface area (Å²) in [5.41, 5.74) is 1.65. The Morgan fingerprint density at radius 2 is 1.77 bits per heavy atom. The minimum absolute atomic E-state index is 0.0432. The quantitative estimate of drug-likeness (QED) is 0.605. The number of aromatic nitrogens is 3. The van der Waals surface area contributed by atoms with Gasteiger partial charge in [0.1, 0.15) is 5.56 Å². The molecule has 0 radical (unpaired) electrons. The highest BCUT2D eigenvalue weighted by Crippen LogP contribution is 2.22. The first kappa shape index (κ1) is 20.9. The summed E-state index contributed by atoms with van der Waals surface area (Å²) in [5.74, 6) is -1.31. The molecule has 0 spiro atoms. The van der Waals surface area contributed by atoms with Crippen molar-refractivity contribution in [1.82, 2.24) is 20.1 Å². The Labute approximate surface area is 173 Å². The summed E-state index contributed by atoms with van der Waals surface area (Å²) in [5, 5.41) is 6.47.